The van der Waals surface area contributed by atoms with Crippen molar-refractivity contribution in [3.8, 4) is 0 Å². The number of ether oxygens (including phenoxy) is 2. The van der Waals surface area contributed by atoms with Crippen LogP contribution in [-0.4, -0.2) is 26.2 Å². The molecule has 0 radical (unpaired) electrons. The molecule has 1 aromatic rings. The summed E-state index contributed by atoms with van der Waals surface area (Å²) in [6.45, 7) is 5.32. The first-order chi connectivity index (χ1) is 9.63. The second-order valence-electron chi connectivity index (χ2n) is 4.97. The molecule has 0 aromatic heterocycles. The van der Waals surface area contributed by atoms with Crippen molar-refractivity contribution in [2.45, 2.75) is 39.5 Å². The highest BCUT2D eigenvalue weighted by Gasteiger charge is 2.24. The third kappa shape index (κ3) is 4.62. The Morgan fingerprint density at radius 3 is 2.45 bits per heavy atom. The predicted molar refractivity (Wildman–Crippen MR) is 79.3 cm³/mol. The zero-order valence-electron chi connectivity index (χ0n) is 12.8. The van der Waals surface area contributed by atoms with Crippen LogP contribution in [0, 0.1) is 5.92 Å². The van der Waals surface area contributed by atoms with Crippen molar-refractivity contribution in [3.63, 3.8) is 0 Å². The number of methoxy groups -OCH3 is 2. The second-order valence-corrected chi connectivity index (χ2v) is 4.97. The lowest BCUT2D eigenvalue weighted by Gasteiger charge is -2.22. The number of carbonyl (C=O) groups excluding carboxylic acids is 1. The van der Waals surface area contributed by atoms with Gasteiger partial charge in [0.25, 0.3) is 0 Å². The van der Waals surface area contributed by atoms with Gasteiger partial charge in [-0.1, -0.05) is 44.5 Å². The maximum atomic E-state index is 11.8. The third-order valence-corrected chi connectivity index (χ3v) is 3.60. The van der Waals surface area contributed by atoms with Gasteiger partial charge in [0.1, 0.15) is 6.04 Å². The van der Waals surface area contributed by atoms with Crippen LogP contribution >= 0.6 is 0 Å². The van der Waals surface area contributed by atoms with Crippen LogP contribution in [0.25, 0.3) is 0 Å². The molecule has 0 aliphatic carbocycles. The number of hydrogen-bond acceptors (Lipinski definition) is 4. The van der Waals surface area contributed by atoms with Gasteiger partial charge in [0.2, 0.25) is 0 Å². The Balaban J connectivity index is 2.74. The van der Waals surface area contributed by atoms with Crippen LogP contribution in [0.4, 0.5) is 0 Å². The average molecular weight is 279 g/mol. The van der Waals surface area contributed by atoms with Crippen LogP contribution in [0.1, 0.15) is 31.4 Å². The molecule has 4 nitrogen and oxygen atoms in total. The average Bonchev–Trinajstić information content (AvgIpc) is 2.48. The fraction of sp³-hybridized carbons (Fsp3) is 0.562. The molecule has 2 unspecified atom stereocenters. The van der Waals surface area contributed by atoms with Crippen molar-refractivity contribution in [2.75, 3.05) is 14.2 Å². The molecule has 0 aliphatic rings. The minimum Gasteiger partial charge on any atom is -0.468 e. The summed E-state index contributed by atoms with van der Waals surface area (Å²) in [5, 5.41) is 3.31. The van der Waals surface area contributed by atoms with E-state index in [0.717, 1.165) is 17.5 Å². The van der Waals surface area contributed by atoms with Crippen molar-refractivity contribution < 1.29 is 14.3 Å². The van der Waals surface area contributed by atoms with Gasteiger partial charge < -0.3 is 14.8 Å². The number of rotatable bonds is 8. The first-order valence-corrected chi connectivity index (χ1v) is 7.00. The number of benzene rings is 1. The van der Waals surface area contributed by atoms with Gasteiger partial charge in [0, 0.05) is 13.7 Å². The summed E-state index contributed by atoms with van der Waals surface area (Å²) in [6, 6.07) is 7.79. The van der Waals surface area contributed by atoms with E-state index in [0.29, 0.717) is 13.2 Å². The van der Waals surface area contributed by atoms with Crippen LogP contribution in [0.3, 0.4) is 0 Å². The highest BCUT2D eigenvalue weighted by atomic mass is 16.5. The Morgan fingerprint density at radius 2 is 1.90 bits per heavy atom. The molecular weight excluding hydrogens is 254 g/mol. The van der Waals surface area contributed by atoms with Gasteiger partial charge in [-0.2, -0.15) is 0 Å². The van der Waals surface area contributed by atoms with E-state index >= 15 is 0 Å². The van der Waals surface area contributed by atoms with Gasteiger partial charge in [-0.3, -0.25) is 4.79 Å². The molecule has 1 N–H and O–H groups in total. The second kappa shape index (κ2) is 8.72. The Morgan fingerprint density at radius 1 is 1.25 bits per heavy atom. The molecule has 0 fully saturated rings. The van der Waals surface area contributed by atoms with Gasteiger partial charge in [0.15, 0.2) is 0 Å². The van der Waals surface area contributed by atoms with Crippen molar-refractivity contribution in [2.24, 2.45) is 5.92 Å². The highest BCUT2D eigenvalue weighted by molar-refractivity contribution is 5.76. The SMILES string of the molecule is CCC(C)C(NCc1ccccc1COC)C(=O)OC. The van der Waals surface area contributed by atoms with Crippen molar-refractivity contribution in [1.29, 1.82) is 0 Å². The van der Waals surface area contributed by atoms with E-state index in [-0.39, 0.29) is 17.9 Å². The van der Waals surface area contributed by atoms with E-state index < -0.39 is 0 Å². The first-order valence-electron chi connectivity index (χ1n) is 7.00. The molecule has 112 valence electrons. The molecule has 0 heterocycles. The standard InChI is InChI=1S/C16H25NO3/c1-5-12(2)15(16(18)20-4)17-10-13-8-6-7-9-14(13)11-19-3/h6-9,12,15,17H,5,10-11H2,1-4H3. The lowest BCUT2D eigenvalue weighted by atomic mass is 9.98. The smallest absolute Gasteiger partial charge is 0.323 e. The lowest BCUT2D eigenvalue weighted by molar-refractivity contribution is -0.144. The molecule has 0 spiro atoms. The normalized spacial score (nSPS) is 13.8. The summed E-state index contributed by atoms with van der Waals surface area (Å²) in [5.41, 5.74) is 2.28. The molecule has 0 amide bonds. The fourth-order valence-corrected chi connectivity index (χ4v) is 2.13. The van der Waals surface area contributed by atoms with Gasteiger partial charge in [-0.05, 0) is 17.0 Å². The van der Waals surface area contributed by atoms with E-state index in [1.165, 1.54) is 7.11 Å². The highest BCUT2D eigenvalue weighted by Crippen LogP contribution is 2.13. The van der Waals surface area contributed by atoms with Gasteiger partial charge in [0.05, 0.1) is 13.7 Å². The van der Waals surface area contributed by atoms with Crippen LogP contribution in [0.2, 0.25) is 0 Å². The van der Waals surface area contributed by atoms with E-state index in [4.69, 9.17) is 9.47 Å². The summed E-state index contributed by atoms with van der Waals surface area (Å²) < 4.78 is 10.1. The largest absolute Gasteiger partial charge is 0.468 e. The number of nitrogens with one attached hydrogen (secondary N) is 1. The number of hydrogen-bond donors (Lipinski definition) is 1. The fourth-order valence-electron chi connectivity index (χ4n) is 2.13. The molecule has 0 bridgehead atoms. The van der Waals surface area contributed by atoms with E-state index in [1.807, 2.05) is 24.3 Å². The molecule has 4 heteroatoms. The zero-order chi connectivity index (χ0) is 15.0. The summed E-state index contributed by atoms with van der Waals surface area (Å²) in [5.74, 6) is 0.0283. The summed E-state index contributed by atoms with van der Waals surface area (Å²) >= 11 is 0. The molecule has 2 atom stereocenters. The molecule has 1 rings (SSSR count). The van der Waals surface area contributed by atoms with Crippen molar-refractivity contribution in [3.05, 3.63) is 35.4 Å². The summed E-state index contributed by atoms with van der Waals surface area (Å²) in [4.78, 5) is 11.8. The Hall–Kier alpha value is -1.39. The molecule has 0 saturated carbocycles. The molecule has 0 aliphatic heterocycles. The predicted octanol–water partition coefficient (Wildman–Crippen LogP) is 2.51. The number of carbonyl (C=O) groups is 1. The van der Waals surface area contributed by atoms with Crippen LogP contribution < -0.4 is 5.32 Å². The minimum absolute atomic E-state index is 0.205. The van der Waals surface area contributed by atoms with Crippen LogP contribution in [-0.2, 0) is 27.4 Å². The lowest BCUT2D eigenvalue weighted by Crippen LogP contribution is -2.42. The Labute approximate surface area is 121 Å². The molecule has 20 heavy (non-hydrogen) atoms. The van der Waals surface area contributed by atoms with Crippen LogP contribution in [0.15, 0.2) is 24.3 Å². The quantitative estimate of drug-likeness (QED) is 0.743. The van der Waals surface area contributed by atoms with Crippen molar-refractivity contribution >= 4 is 5.97 Å². The molecular formula is C16H25NO3. The minimum atomic E-state index is -0.277. The monoisotopic (exact) mass is 279 g/mol. The van der Waals surface area contributed by atoms with Crippen LogP contribution in [0.5, 0.6) is 0 Å². The Bertz CT molecular complexity index is 420. The maximum absolute atomic E-state index is 11.8. The van der Waals surface area contributed by atoms with Crippen molar-refractivity contribution in [1.82, 2.24) is 5.32 Å². The maximum Gasteiger partial charge on any atom is 0.323 e. The zero-order valence-corrected chi connectivity index (χ0v) is 12.8. The van der Waals surface area contributed by atoms with Gasteiger partial charge >= 0.3 is 5.97 Å². The third-order valence-electron chi connectivity index (χ3n) is 3.60. The number of esters is 1. The van der Waals surface area contributed by atoms with E-state index in [2.05, 4.69) is 19.2 Å². The Kier molecular flexibility index (Phi) is 7.26. The van der Waals surface area contributed by atoms with E-state index in [9.17, 15) is 4.79 Å². The van der Waals surface area contributed by atoms with E-state index in [1.54, 1.807) is 7.11 Å². The van der Waals surface area contributed by atoms with Gasteiger partial charge in [-0.15, -0.1) is 0 Å². The molecule has 0 saturated heterocycles. The summed E-state index contributed by atoms with van der Waals surface area (Å²) in [7, 11) is 3.11. The van der Waals surface area contributed by atoms with Gasteiger partial charge in [-0.25, -0.2) is 0 Å². The molecule has 1 aromatic carbocycles. The summed E-state index contributed by atoms with van der Waals surface area (Å²) in [6.07, 6.45) is 0.923. The first kappa shape index (κ1) is 16.7. The topological polar surface area (TPSA) is 47.6 Å².